The van der Waals surface area contributed by atoms with Crippen LogP contribution in [0.4, 0.5) is 5.69 Å². The molecule has 10 heteroatoms. The van der Waals surface area contributed by atoms with Gasteiger partial charge in [-0.1, -0.05) is 0 Å². The van der Waals surface area contributed by atoms with Crippen LogP contribution in [0.15, 0.2) is 35.4 Å². The molecule has 8 nitrogen and oxygen atoms in total. The lowest BCUT2D eigenvalue weighted by atomic mass is 10.2. The van der Waals surface area contributed by atoms with E-state index in [0.717, 1.165) is 15.3 Å². The summed E-state index contributed by atoms with van der Waals surface area (Å²) in [5.41, 5.74) is 1.45. The molecule has 32 heavy (non-hydrogen) atoms. The van der Waals surface area contributed by atoms with Crippen molar-refractivity contribution in [1.82, 2.24) is 14.5 Å². The number of nitrogens with one attached hydrogen (secondary N) is 1. The van der Waals surface area contributed by atoms with Crippen LogP contribution in [0.25, 0.3) is 10.2 Å². The van der Waals surface area contributed by atoms with E-state index in [9.17, 15) is 14.4 Å². The number of thioether (sulfide) groups is 1. The summed E-state index contributed by atoms with van der Waals surface area (Å²) in [6, 6.07) is 6.50. The van der Waals surface area contributed by atoms with E-state index in [1.54, 1.807) is 36.3 Å². The van der Waals surface area contributed by atoms with Crippen LogP contribution >= 0.6 is 23.1 Å². The number of thiophene rings is 1. The molecule has 2 amide bonds. The lowest BCUT2D eigenvalue weighted by Gasteiger charge is -2.23. The van der Waals surface area contributed by atoms with Gasteiger partial charge in [0.2, 0.25) is 11.8 Å². The van der Waals surface area contributed by atoms with E-state index in [1.807, 2.05) is 13.8 Å². The van der Waals surface area contributed by atoms with Gasteiger partial charge >= 0.3 is 0 Å². The van der Waals surface area contributed by atoms with Gasteiger partial charge in [0.15, 0.2) is 0 Å². The average Bonchev–Trinajstić information content (AvgIpc) is 3.39. The molecule has 0 bridgehead atoms. The number of carbonyl (C=O) groups excluding carboxylic acids is 2. The average molecular weight is 473 g/mol. The standard InChI is InChI=1S/C22H24N4O4S2/c1-13-14(2)32-21-19(13)22(29)25(11-23-21)9-8-18(27)26-12-31-10-17(26)20(28)24-15-4-6-16(30-3)7-5-15/h4-7,11,17H,8-10,12H2,1-3H3,(H,24,28). The lowest BCUT2D eigenvalue weighted by molar-refractivity contribution is -0.136. The summed E-state index contributed by atoms with van der Waals surface area (Å²) in [6.45, 7) is 4.11. The maximum absolute atomic E-state index is 12.9. The SMILES string of the molecule is COc1ccc(NC(=O)C2CSCN2C(=O)CCn2cnc3sc(C)c(C)c3c2=O)cc1. The molecule has 0 saturated carbocycles. The molecule has 1 aliphatic rings. The molecule has 4 rings (SSSR count). The summed E-state index contributed by atoms with van der Waals surface area (Å²) in [4.78, 5) is 46.3. The molecule has 2 aromatic heterocycles. The van der Waals surface area contributed by atoms with Crippen LogP contribution in [0.3, 0.4) is 0 Å². The molecule has 1 unspecified atom stereocenters. The minimum atomic E-state index is -0.548. The predicted molar refractivity (Wildman–Crippen MR) is 128 cm³/mol. The van der Waals surface area contributed by atoms with Crippen LogP contribution in [0, 0.1) is 13.8 Å². The highest BCUT2D eigenvalue weighted by molar-refractivity contribution is 7.99. The van der Waals surface area contributed by atoms with E-state index >= 15 is 0 Å². The second-order valence-electron chi connectivity index (χ2n) is 7.55. The van der Waals surface area contributed by atoms with Crippen LogP contribution in [0.1, 0.15) is 16.9 Å². The largest absolute Gasteiger partial charge is 0.497 e. The fraction of sp³-hybridized carbons (Fsp3) is 0.364. The first kappa shape index (κ1) is 22.3. The molecule has 3 heterocycles. The van der Waals surface area contributed by atoms with Crippen molar-refractivity contribution in [1.29, 1.82) is 0 Å². The Balaban J connectivity index is 1.42. The molecular weight excluding hydrogens is 448 g/mol. The first-order valence-corrected chi connectivity index (χ1v) is 12.1. The molecule has 1 aromatic carbocycles. The fourth-order valence-electron chi connectivity index (χ4n) is 3.59. The lowest BCUT2D eigenvalue weighted by Crippen LogP contribution is -2.44. The molecule has 0 spiro atoms. The Hall–Kier alpha value is -2.85. The van der Waals surface area contributed by atoms with Crippen LogP contribution in [-0.2, 0) is 16.1 Å². The van der Waals surface area contributed by atoms with Gasteiger partial charge in [0.25, 0.3) is 5.56 Å². The minimum absolute atomic E-state index is 0.127. The second kappa shape index (κ2) is 9.33. The molecule has 0 radical (unpaired) electrons. The Labute approximate surface area is 193 Å². The van der Waals surface area contributed by atoms with Gasteiger partial charge in [0.1, 0.15) is 16.6 Å². The smallest absolute Gasteiger partial charge is 0.262 e. The minimum Gasteiger partial charge on any atom is -0.497 e. The number of aryl methyl sites for hydroxylation is 3. The van der Waals surface area contributed by atoms with Gasteiger partial charge in [-0.25, -0.2) is 4.98 Å². The van der Waals surface area contributed by atoms with Gasteiger partial charge in [-0.2, -0.15) is 0 Å². The van der Waals surface area contributed by atoms with Crippen LogP contribution in [0.2, 0.25) is 0 Å². The zero-order chi connectivity index (χ0) is 22.8. The number of benzene rings is 1. The molecular formula is C22H24N4O4S2. The number of fused-ring (bicyclic) bond motifs is 1. The number of amides is 2. The van der Waals surface area contributed by atoms with Crippen molar-refractivity contribution in [3.05, 3.63) is 51.4 Å². The highest BCUT2D eigenvalue weighted by Crippen LogP contribution is 2.26. The third-order valence-corrected chi connectivity index (χ3v) is 7.71. The zero-order valence-electron chi connectivity index (χ0n) is 18.1. The Morgan fingerprint density at radius 1 is 1.25 bits per heavy atom. The third-order valence-electron chi connectivity index (χ3n) is 5.59. The van der Waals surface area contributed by atoms with Gasteiger partial charge in [0.05, 0.1) is 24.7 Å². The van der Waals surface area contributed by atoms with E-state index < -0.39 is 6.04 Å². The molecule has 1 N–H and O–H groups in total. The van der Waals surface area contributed by atoms with E-state index in [2.05, 4.69) is 10.3 Å². The summed E-state index contributed by atoms with van der Waals surface area (Å²) in [7, 11) is 1.58. The number of nitrogens with zero attached hydrogens (tertiary/aromatic N) is 3. The fourth-order valence-corrected chi connectivity index (χ4v) is 5.76. The van der Waals surface area contributed by atoms with Gasteiger partial charge < -0.3 is 15.0 Å². The normalized spacial score (nSPS) is 15.8. The summed E-state index contributed by atoms with van der Waals surface area (Å²) in [5.74, 6) is 1.31. The topological polar surface area (TPSA) is 93.5 Å². The van der Waals surface area contributed by atoms with Crippen LogP contribution in [-0.4, -0.2) is 51.0 Å². The summed E-state index contributed by atoms with van der Waals surface area (Å²) < 4.78 is 6.61. The Morgan fingerprint density at radius 3 is 2.72 bits per heavy atom. The second-order valence-corrected chi connectivity index (χ2v) is 9.76. The summed E-state index contributed by atoms with van der Waals surface area (Å²) in [5, 5.41) is 3.49. The molecule has 1 atom stereocenters. The molecule has 1 aliphatic heterocycles. The van der Waals surface area contributed by atoms with Crippen molar-refractivity contribution >= 4 is 50.8 Å². The summed E-state index contributed by atoms with van der Waals surface area (Å²) >= 11 is 3.04. The summed E-state index contributed by atoms with van der Waals surface area (Å²) in [6.07, 6.45) is 1.63. The first-order chi connectivity index (χ1) is 15.4. The first-order valence-electron chi connectivity index (χ1n) is 10.2. The maximum atomic E-state index is 12.9. The number of aromatic nitrogens is 2. The number of hydrogen-bond acceptors (Lipinski definition) is 7. The van der Waals surface area contributed by atoms with E-state index in [1.165, 1.54) is 34.0 Å². The Kier molecular flexibility index (Phi) is 6.52. The number of methoxy groups -OCH3 is 1. The Morgan fingerprint density at radius 2 is 2.00 bits per heavy atom. The van der Waals surface area contributed by atoms with E-state index in [-0.39, 0.29) is 30.3 Å². The highest BCUT2D eigenvalue weighted by atomic mass is 32.2. The van der Waals surface area contributed by atoms with Gasteiger partial charge in [-0.05, 0) is 43.7 Å². The molecule has 1 saturated heterocycles. The maximum Gasteiger partial charge on any atom is 0.262 e. The van der Waals surface area contributed by atoms with Crippen molar-refractivity contribution in [3.8, 4) is 5.75 Å². The van der Waals surface area contributed by atoms with Crippen molar-refractivity contribution in [3.63, 3.8) is 0 Å². The van der Waals surface area contributed by atoms with Gasteiger partial charge in [0, 0.05) is 29.3 Å². The number of rotatable bonds is 6. The molecule has 1 fully saturated rings. The highest BCUT2D eigenvalue weighted by Gasteiger charge is 2.34. The predicted octanol–water partition coefficient (Wildman–Crippen LogP) is 3.01. The van der Waals surface area contributed by atoms with Crippen molar-refractivity contribution < 1.29 is 14.3 Å². The van der Waals surface area contributed by atoms with Gasteiger partial charge in [-0.15, -0.1) is 23.1 Å². The number of ether oxygens (including phenoxy) is 1. The Bertz CT molecular complexity index is 1220. The van der Waals surface area contributed by atoms with Crippen molar-refractivity contribution in [2.45, 2.75) is 32.9 Å². The van der Waals surface area contributed by atoms with Crippen LogP contribution in [0.5, 0.6) is 5.75 Å². The van der Waals surface area contributed by atoms with Crippen molar-refractivity contribution in [2.24, 2.45) is 0 Å². The van der Waals surface area contributed by atoms with Crippen LogP contribution < -0.4 is 15.6 Å². The molecule has 3 aromatic rings. The van der Waals surface area contributed by atoms with E-state index in [0.29, 0.717) is 28.5 Å². The number of hydrogen-bond donors (Lipinski definition) is 1. The van der Waals surface area contributed by atoms with Crippen molar-refractivity contribution in [2.75, 3.05) is 24.1 Å². The third kappa shape index (κ3) is 4.37. The quantitative estimate of drug-likeness (QED) is 0.593. The zero-order valence-corrected chi connectivity index (χ0v) is 19.7. The monoisotopic (exact) mass is 472 g/mol. The molecule has 0 aliphatic carbocycles. The van der Waals surface area contributed by atoms with Gasteiger partial charge in [-0.3, -0.25) is 19.0 Å². The van der Waals surface area contributed by atoms with E-state index in [4.69, 9.17) is 4.74 Å². The number of carbonyl (C=O) groups is 2. The molecule has 168 valence electrons. The number of anilines is 1.